The number of aryl methyl sites for hydroxylation is 1. The number of likely N-dealkylation sites (tertiary alicyclic amines) is 1. The van der Waals surface area contributed by atoms with E-state index in [1.54, 1.807) is 4.90 Å². The zero-order valence-corrected chi connectivity index (χ0v) is 14.4. The number of aromatic nitrogens is 1. The van der Waals surface area contributed by atoms with Gasteiger partial charge in [-0.15, -0.1) is 0 Å². The van der Waals surface area contributed by atoms with Gasteiger partial charge in [0.25, 0.3) is 0 Å². The average Bonchev–Trinajstić information content (AvgIpc) is 2.87. The first-order valence-corrected chi connectivity index (χ1v) is 8.82. The third-order valence-corrected chi connectivity index (χ3v) is 4.78. The molecule has 0 atom stereocenters. The van der Waals surface area contributed by atoms with Gasteiger partial charge in [0.15, 0.2) is 5.76 Å². The van der Waals surface area contributed by atoms with Gasteiger partial charge in [-0.2, -0.15) is 0 Å². The summed E-state index contributed by atoms with van der Waals surface area (Å²) in [5, 5.41) is 3.90. The van der Waals surface area contributed by atoms with Crippen molar-refractivity contribution in [2.24, 2.45) is 0 Å². The minimum Gasteiger partial charge on any atom is -0.360 e. The number of nitrogens with zero attached hydrogens (tertiary/aromatic N) is 4. The Balaban J connectivity index is 1.45. The maximum Gasteiger partial charge on any atom is 0.242 e. The molecule has 2 saturated heterocycles. The van der Waals surface area contributed by atoms with Crippen LogP contribution in [0, 0.1) is 6.92 Å². The van der Waals surface area contributed by atoms with Crippen molar-refractivity contribution < 1.29 is 14.1 Å². The van der Waals surface area contributed by atoms with Crippen molar-refractivity contribution in [3.05, 3.63) is 17.5 Å². The number of carbonyl (C=O) groups excluding carboxylic acids is 2. The van der Waals surface area contributed by atoms with Gasteiger partial charge < -0.3 is 14.3 Å². The zero-order chi connectivity index (χ0) is 16.9. The van der Waals surface area contributed by atoms with Crippen LogP contribution >= 0.6 is 0 Å². The van der Waals surface area contributed by atoms with E-state index in [1.807, 2.05) is 17.9 Å². The van der Waals surface area contributed by atoms with E-state index < -0.39 is 0 Å². The summed E-state index contributed by atoms with van der Waals surface area (Å²) in [4.78, 5) is 30.4. The molecule has 7 heteroatoms. The van der Waals surface area contributed by atoms with Gasteiger partial charge in [0, 0.05) is 45.2 Å². The second kappa shape index (κ2) is 7.79. The number of rotatable bonds is 4. The van der Waals surface area contributed by atoms with Crippen LogP contribution in [0.1, 0.15) is 37.1 Å². The fourth-order valence-corrected chi connectivity index (χ4v) is 3.34. The number of hydrogen-bond donors (Lipinski definition) is 0. The average molecular weight is 334 g/mol. The summed E-state index contributed by atoms with van der Waals surface area (Å²) in [5.41, 5.74) is 0.890. The van der Waals surface area contributed by atoms with Crippen LogP contribution in [0.2, 0.25) is 0 Å². The molecule has 2 amide bonds. The lowest BCUT2D eigenvalue weighted by molar-refractivity contribution is -0.141. The Bertz CT molecular complexity index is 578. The molecule has 132 valence electrons. The summed E-state index contributed by atoms with van der Waals surface area (Å²) in [6.07, 6.45) is 3.61. The highest BCUT2D eigenvalue weighted by Crippen LogP contribution is 2.13. The van der Waals surface area contributed by atoms with Gasteiger partial charge in [-0.25, -0.2) is 0 Å². The maximum atomic E-state index is 12.5. The second-order valence-electron chi connectivity index (χ2n) is 6.72. The summed E-state index contributed by atoms with van der Waals surface area (Å²) < 4.78 is 5.25. The van der Waals surface area contributed by atoms with Crippen molar-refractivity contribution in [3.63, 3.8) is 0 Å². The summed E-state index contributed by atoms with van der Waals surface area (Å²) >= 11 is 0. The highest BCUT2D eigenvalue weighted by Gasteiger charge is 2.25. The summed E-state index contributed by atoms with van der Waals surface area (Å²) in [5.74, 6) is 1.06. The molecule has 1 aromatic heterocycles. The van der Waals surface area contributed by atoms with Gasteiger partial charge in [0.05, 0.1) is 18.8 Å². The van der Waals surface area contributed by atoms with Gasteiger partial charge in [-0.3, -0.25) is 14.5 Å². The third-order valence-electron chi connectivity index (χ3n) is 4.78. The van der Waals surface area contributed by atoms with Crippen molar-refractivity contribution in [2.75, 3.05) is 39.3 Å². The number of hydrogen-bond acceptors (Lipinski definition) is 5. The Kier molecular flexibility index (Phi) is 5.50. The molecule has 0 spiro atoms. The highest BCUT2D eigenvalue weighted by atomic mass is 16.5. The van der Waals surface area contributed by atoms with Crippen LogP contribution in [0.25, 0.3) is 0 Å². The van der Waals surface area contributed by atoms with Crippen LogP contribution in [-0.4, -0.2) is 70.9 Å². The molecular weight excluding hydrogens is 308 g/mol. The molecule has 1 aromatic rings. The Morgan fingerprint density at radius 1 is 1.17 bits per heavy atom. The molecule has 3 heterocycles. The second-order valence-corrected chi connectivity index (χ2v) is 6.72. The molecule has 0 saturated carbocycles. The first-order chi connectivity index (χ1) is 11.6. The molecule has 2 aliphatic rings. The molecule has 0 unspecified atom stereocenters. The Morgan fingerprint density at radius 3 is 2.67 bits per heavy atom. The largest absolute Gasteiger partial charge is 0.360 e. The molecule has 0 bridgehead atoms. The van der Waals surface area contributed by atoms with Crippen molar-refractivity contribution in [3.8, 4) is 0 Å². The lowest BCUT2D eigenvalue weighted by Crippen LogP contribution is -2.51. The van der Waals surface area contributed by atoms with E-state index in [-0.39, 0.29) is 18.4 Å². The van der Waals surface area contributed by atoms with E-state index in [9.17, 15) is 9.59 Å². The molecule has 0 N–H and O–H groups in total. The van der Waals surface area contributed by atoms with E-state index in [0.717, 1.165) is 56.9 Å². The van der Waals surface area contributed by atoms with Gasteiger partial charge >= 0.3 is 0 Å². The minimum atomic E-state index is 0.0698. The maximum absolute atomic E-state index is 12.5. The third kappa shape index (κ3) is 4.35. The molecular formula is C17H26N4O3. The Labute approximate surface area is 142 Å². The fraction of sp³-hybridized carbons (Fsp3) is 0.706. The summed E-state index contributed by atoms with van der Waals surface area (Å²) in [6, 6.07) is 1.95. The summed E-state index contributed by atoms with van der Waals surface area (Å²) in [7, 11) is 0. The van der Waals surface area contributed by atoms with E-state index in [1.165, 1.54) is 0 Å². The first kappa shape index (κ1) is 17.0. The molecule has 7 nitrogen and oxygen atoms in total. The molecule has 0 aliphatic carbocycles. The molecule has 2 fully saturated rings. The predicted octanol–water partition coefficient (Wildman–Crippen LogP) is 1.03. The fourth-order valence-electron chi connectivity index (χ4n) is 3.34. The first-order valence-electron chi connectivity index (χ1n) is 8.82. The summed E-state index contributed by atoms with van der Waals surface area (Å²) in [6.45, 7) is 6.64. The van der Waals surface area contributed by atoms with Gasteiger partial charge in [-0.05, 0) is 19.8 Å². The van der Waals surface area contributed by atoms with Crippen molar-refractivity contribution >= 4 is 11.8 Å². The zero-order valence-electron chi connectivity index (χ0n) is 14.4. The highest BCUT2D eigenvalue weighted by molar-refractivity contribution is 5.85. The Hall–Kier alpha value is -1.89. The van der Waals surface area contributed by atoms with Crippen molar-refractivity contribution in [1.29, 1.82) is 0 Å². The van der Waals surface area contributed by atoms with Crippen LogP contribution < -0.4 is 0 Å². The monoisotopic (exact) mass is 334 g/mol. The van der Waals surface area contributed by atoms with Crippen LogP contribution in [0.15, 0.2) is 10.6 Å². The predicted molar refractivity (Wildman–Crippen MR) is 88.1 cm³/mol. The van der Waals surface area contributed by atoms with E-state index in [0.29, 0.717) is 19.5 Å². The van der Waals surface area contributed by atoms with Gasteiger partial charge in [-0.1, -0.05) is 11.6 Å². The number of piperazine rings is 1. The molecule has 2 aliphatic heterocycles. The quantitative estimate of drug-likeness (QED) is 0.822. The smallest absolute Gasteiger partial charge is 0.242 e. The Morgan fingerprint density at radius 2 is 1.96 bits per heavy atom. The van der Waals surface area contributed by atoms with Crippen LogP contribution in [-0.2, 0) is 16.1 Å². The minimum absolute atomic E-state index is 0.0698. The van der Waals surface area contributed by atoms with Crippen molar-refractivity contribution in [2.45, 2.75) is 39.2 Å². The van der Waals surface area contributed by atoms with E-state index in [4.69, 9.17) is 4.52 Å². The number of amides is 2. The SMILES string of the molecule is Cc1cc(CN2CCN(C(=O)CN3CCCCCC3=O)CC2)on1. The van der Waals surface area contributed by atoms with Gasteiger partial charge in [0.2, 0.25) is 11.8 Å². The van der Waals surface area contributed by atoms with Crippen molar-refractivity contribution in [1.82, 2.24) is 19.9 Å². The molecule has 3 rings (SSSR count). The molecule has 0 radical (unpaired) electrons. The standard InChI is InChI=1S/C17H26N4O3/c1-14-11-15(24-18-14)12-19-7-9-20(10-8-19)17(23)13-21-6-4-2-3-5-16(21)22/h11H,2-10,12-13H2,1H3. The molecule has 24 heavy (non-hydrogen) atoms. The normalized spacial score (nSPS) is 20.3. The van der Waals surface area contributed by atoms with E-state index in [2.05, 4.69) is 10.1 Å². The number of carbonyl (C=O) groups is 2. The topological polar surface area (TPSA) is 69.9 Å². The van der Waals surface area contributed by atoms with Gasteiger partial charge in [0.1, 0.15) is 0 Å². The van der Waals surface area contributed by atoms with E-state index >= 15 is 0 Å². The molecule has 0 aromatic carbocycles. The lowest BCUT2D eigenvalue weighted by atomic mass is 10.2. The van der Waals surface area contributed by atoms with Crippen LogP contribution in [0.4, 0.5) is 0 Å². The van der Waals surface area contributed by atoms with Crippen LogP contribution in [0.5, 0.6) is 0 Å². The lowest BCUT2D eigenvalue weighted by Gasteiger charge is -2.35. The van der Waals surface area contributed by atoms with Crippen LogP contribution in [0.3, 0.4) is 0 Å².